The normalized spacial score (nSPS) is 17.3. The van der Waals surface area contributed by atoms with Crippen LogP contribution in [0.5, 0.6) is 0 Å². The highest BCUT2D eigenvalue weighted by Crippen LogP contribution is 1.97. The van der Waals surface area contributed by atoms with E-state index in [0.717, 1.165) is 5.75 Å². The molecule has 0 amide bonds. The molecule has 3 heteroatoms. The molecule has 0 radical (unpaired) electrons. The van der Waals surface area contributed by atoms with Gasteiger partial charge in [0.05, 0.1) is 6.10 Å². The standard InChI is InChI=1S/C6H15NOS/c1-5(8-3)6(4-9)7-2/h5-7,9H,4H2,1-3H3/t5-,6-/m1/s1. The summed E-state index contributed by atoms with van der Waals surface area (Å²) in [6, 6.07) is 0.360. The Morgan fingerprint density at radius 2 is 2.22 bits per heavy atom. The minimum Gasteiger partial charge on any atom is -0.380 e. The van der Waals surface area contributed by atoms with Crippen molar-refractivity contribution in [1.29, 1.82) is 0 Å². The summed E-state index contributed by atoms with van der Waals surface area (Å²) in [6.45, 7) is 2.03. The van der Waals surface area contributed by atoms with Gasteiger partial charge in [-0.25, -0.2) is 0 Å². The van der Waals surface area contributed by atoms with Gasteiger partial charge in [-0.3, -0.25) is 0 Å². The van der Waals surface area contributed by atoms with E-state index in [1.54, 1.807) is 7.11 Å². The summed E-state index contributed by atoms with van der Waals surface area (Å²) in [4.78, 5) is 0. The average Bonchev–Trinajstić information content (AvgIpc) is 1.90. The minimum absolute atomic E-state index is 0.243. The Labute approximate surface area is 62.4 Å². The summed E-state index contributed by atoms with van der Waals surface area (Å²) in [7, 11) is 3.62. The van der Waals surface area contributed by atoms with Crippen LogP contribution >= 0.6 is 12.6 Å². The molecule has 1 N–H and O–H groups in total. The molecule has 9 heavy (non-hydrogen) atoms. The summed E-state index contributed by atoms with van der Waals surface area (Å²) in [5.41, 5.74) is 0. The summed E-state index contributed by atoms with van der Waals surface area (Å²) in [5.74, 6) is 0.811. The first-order valence-corrected chi connectivity index (χ1v) is 3.70. The maximum absolute atomic E-state index is 5.08. The average molecular weight is 149 g/mol. The molecule has 56 valence electrons. The lowest BCUT2D eigenvalue weighted by molar-refractivity contribution is 0.0929. The number of hydrogen-bond donors (Lipinski definition) is 2. The van der Waals surface area contributed by atoms with Crippen molar-refractivity contribution in [3.63, 3.8) is 0 Å². The molecule has 0 rings (SSSR count). The smallest absolute Gasteiger partial charge is 0.0704 e. The van der Waals surface area contributed by atoms with Gasteiger partial charge in [0.15, 0.2) is 0 Å². The van der Waals surface area contributed by atoms with E-state index in [1.807, 2.05) is 14.0 Å². The Hall–Kier alpha value is 0.270. The Bertz CT molecular complexity index is 66.1. The maximum atomic E-state index is 5.08. The predicted molar refractivity (Wildman–Crippen MR) is 43.2 cm³/mol. The fourth-order valence-electron chi connectivity index (χ4n) is 0.639. The van der Waals surface area contributed by atoms with Gasteiger partial charge in [0.25, 0.3) is 0 Å². The van der Waals surface area contributed by atoms with Crippen molar-refractivity contribution in [1.82, 2.24) is 5.32 Å². The van der Waals surface area contributed by atoms with Gasteiger partial charge >= 0.3 is 0 Å². The Kier molecular flexibility index (Phi) is 5.24. The first-order chi connectivity index (χ1) is 4.26. The van der Waals surface area contributed by atoms with Crippen LogP contribution in [0, 0.1) is 0 Å². The van der Waals surface area contributed by atoms with Crippen LogP contribution in [0.4, 0.5) is 0 Å². The molecular weight excluding hydrogens is 134 g/mol. The van der Waals surface area contributed by atoms with Crippen LogP contribution in [0.2, 0.25) is 0 Å². The molecule has 0 unspecified atom stereocenters. The lowest BCUT2D eigenvalue weighted by Crippen LogP contribution is -2.38. The Balaban J connectivity index is 3.50. The zero-order chi connectivity index (χ0) is 7.28. The molecule has 2 atom stereocenters. The second kappa shape index (κ2) is 5.09. The molecule has 0 fully saturated rings. The van der Waals surface area contributed by atoms with Crippen LogP contribution in [-0.2, 0) is 4.74 Å². The highest BCUT2D eigenvalue weighted by Gasteiger charge is 2.11. The maximum Gasteiger partial charge on any atom is 0.0704 e. The quantitative estimate of drug-likeness (QED) is 0.569. The summed E-state index contributed by atoms with van der Waals surface area (Å²) in [6.07, 6.45) is 0.243. The Morgan fingerprint density at radius 3 is 2.33 bits per heavy atom. The first kappa shape index (κ1) is 9.27. The van der Waals surface area contributed by atoms with Crippen molar-refractivity contribution in [3.05, 3.63) is 0 Å². The van der Waals surface area contributed by atoms with E-state index in [0.29, 0.717) is 6.04 Å². The van der Waals surface area contributed by atoms with Gasteiger partial charge in [-0.2, -0.15) is 12.6 Å². The van der Waals surface area contributed by atoms with Crippen LogP contribution in [0.25, 0.3) is 0 Å². The topological polar surface area (TPSA) is 21.3 Å². The van der Waals surface area contributed by atoms with E-state index in [9.17, 15) is 0 Å². The van der Waals surface area contributed by atoms with Crippen molar-refractivity contribution in [2.45, 2.75) is 19.1 Å². The van der Waals surface area contributed by atoms with Crippen molar-refractivity contribution < 1.29 is 4.74 Å². The van der Waals surface area contributed by atoms with Gasteiger partial charge in [-0.05, 0) is 14.0 Å². The molecule has 0 spiro atoms. The number of thiol groups is 1. The Morgan fingerprint density at radius 1 is 1.67 bits per heavy atom. The molecule has 0 aliphatic heterocycles. The predicted octanol–water partition coefficient (Wildman–Crippen LogP) is 0.539. The zero-order valence-electron chi connectivity index (χ0n) is 6.22. The third-order valence-corrected chi connectivity index (χ3v) is 1.90. The number of nitrogens with one attached hydrogen (secondary N) is 1. The van der Waals surface area contributed by atoms with E-state index in [-0.39, 0.29) is 6.10 Å². The third-order valence-electron chi connectivity index (χ3n) is 1.51. The minimum atomic E-state index is 0.243. The van der Waals surface area contributed by atoms with Crippen molar-refractivity contribution in [2.24, 2.45) is 0 Å². The largest absolute Gasteiger partial charge is 0.380 e. The number of likely N-dealkylation sites (N-methyl/N-ethyl adjacent to an activating group) is 1. The third kappa shape index (κ3) is 3.08. The van der Waals surface area contributed by atoms with Gasteiger partial charge < -0.3 is 10.1 Å². The first-order valence-electron chi connectivity index (χ1n) is 3.07. The number of methoxy groups -OCH3 is 1. The number of rotatable bonds is 4. The second-order valence-electron chi connectivity index (χ2n) is 2.02. The van der Waals surface area contributed by atoms with Crippen LogP contribution in [0.1, 0.15) is 6.92 Å². The molecule has 0 heterocycles. The SMILES string of the molecule is CN[C@H](CS)[C@@H](C)OC. The van der Waals surface area contributed by atoms with Gasteiger partial charge in [0.1, 0.15) is 0 Å². The molecule has 2 nitrogen and oxygen atoms in total. The lowest BCUT2D eigenvalue weighted by atomic mass is 10.2. The van der Waals surface area contributed by atoms with E-state index in [2.05, 4.69) is 17.9 Å². The van der Waals surface area contributed by atoms with E-state index in [4.69, 9.17) is 4.74 Å². The second-order valence-corrected chi connectivity index (χ2v) is 2.38. The summed E-state index contributed by atoms with van der Waals surface area (Å²) >= 11 is 4.15. The summed E-state index contributed by atoms with van der Waals surface area (Å²) in [5, 5.41) is 3.10. The van der Waals surface area contributed by atoms with Crippen LogP contribution in [0.3, 0.4) is 0 Å². The van der Waals surface area contributed by atoms with Crippen molar-refractivity contribution in [3.8, 4) is 0 Å². The van der Waals surface area contributed by atoms with E-state index in [1.165, 1.54) is 0 Å². The van der Waals surface area contributed by atoms with E-state index < -0.39 is 0 Å². The van der Waals surface area contributed by atoms with Crippen molar-refractivity contribution in [2.75, 3.05) is 19.9 Å². The van der Waals surface area contributed by atoms with Gasteiger partial charge in [-0.1, -0.05) is 0 Å². The number of hydrogen-bond acceptors (Lipinski definition) is 3. The van der Waals surface area contributed by atoms with Gasteiger partial charge in [0, 0.05) is 18.9 Å². The molecule has 0 aliphatic carbocycles. The zero-order valence-corrected chi connectivity index (χ0v) is 7.11. The fraction of sp³-hybridized carbons (Fsp3) is 1.00. The molecule has 0 bridgehead atoms. The molecule has 0 aromatic rings. The molecule has 0 aromatic heterocycles. The number of ether oxygens (including phenoxy) is 1. The molecule has 0 aromatic carbocycles. The van der Waals surface area contributed by atoms with Crippen LogP contribution in [0.15, 0.2) is 0 Å². The molecular formula is C6H15NOS. The molecule has 0 saturated heterocycles. The van der Waals surface area contributed by atoms with Crippen LogP contribution < -0.4 is 5.32 Å². The molecule has 0 aliphatic rings. The van der Waals surface area contributed by atoms with E-state index >= 15 is 0 Å². The van der Waals surface area contributed by atoms with Crippen molar-refractivity contribution >= 4 is 12.6 Å². The van der Waals surface area contributed by atoms with Crippen LogP contribution in [-0.4, -0.2) is 32.1 Å². The van der Waals surface area contributed by atoms with Gasteiger partial charge in [-0.15, -0.1) is 0 Å². The monoisotopic (exact) mass is 149 g/mol. The highest BCUT2D eigenvalue weighted by atomic mass is 32.1. The van der Waals surface area contributed by atoms with Gasteiger partial charge in [0.2, 0.25) is 0 Å². The summed E-state index contributed by atoms with van der Waals surface area (Å²) < 4.78 is 5.08. The highest BCUT2D eigenvalue weighted by molar-refractivity contribution is 7.80. The lowest BCUT2D eigenvalue weighted by Gasteiger charge is -2.19. The fourth-order valence-corrected chi connectivity index (χ4v) is 1.12. The molecule has 0 saturated carbocycles.